The van der Waals surface area contributed by atoms with Crippen molar-refractivity contribution in [1.29, 1.82) is 0 Å². The van der Waals surface area contributed by atoms with Crippen LogP contribution >= 0.6 is 11.6 Å². The lowest BCUT2D eigenvalue weighted by Gasteiger charge is -2.34. The summed E-state index contributed by atoms with van der Waals surface area (Å²) >= 11 is 6.49. The van der Waals surface area contributed by atoms with Gasteiger partial charge < -0.3 is 10.2 Å². The van der Waals surface area contributed by atoms with E-state index in [1.807, 2.05) is 45.9 Å². The molecular weight excluding hydrogens is 570 g/mol. The van der Waals surface area contributed by atoms with E-state index in [-0.39, 0.29) is 23.4 Å². The van der Waals surface area contributed by atoms with Gasteiger partial charge in [0.05, 0.1) is 10.6 Å². The first-order valence-corrected chi connectivity index (χ1v) is 16.3. The molecule has 0 aromatic heterocycles. The quantitative estimate of drug-likeness (QED) is 0.275. The molecule has 3 aromatic rings. The van der Waals surface area contributed by atoms with Gasteiger partial charge in [0, 0.05) is 17.6 Å². The topological polar surface area (TPSA) is 86.8 Å². The number of rotatable bonds is 11. The highest BCUT2D eigenvalue weighted by Gasteiger charge is 2.35. The molecule has 1 atom stereocenters. The molecule has 4 rings (SSSR count). The van der Waals surface area contributed by atoms with Crippen LogP contribution in [0.5, 0.6) is 0 Å². The Labute approximate surface area is 254 Å². The number of hydrogen-bond acceptors (Lipinski definition) is 4. The van der Waals surface area contributed by atoms with Crippen molar-refractivity contribution in [2.24, 2.45) is 0 Å². The number of aryl methyl sites for hydroxylation is 3. The smallest absolute Gasteiger partial charge is 0.264 e. The molecule has 1 N–H and O–H groups in total. The molecule has 3 aromatic carbocycles. The van der Waals surface area contributed by atoms with Crippen molar-refractivity contribution in [2.75, 3.05) is 10.8 Å². The molecule has 224 valence electrons. The summed E-state index contributed by atoms with van der Waals surface area (Å²) in [6.07, 6.45) is 4.31. The molecule has 9 heteroatoms. The Morgan fingerprint density at radius 3 is 2.14 bits per heavy atom. The third-order valence-electron chi connectivity index (χ3n) is 7.77. The Balaban J connectivity index is 1.75. The standard InChI is InChI=1S/C33H40ClN3O4S/c1-5-31(33(39)35-27-11-7-8-12-27)36(21-26-10-6-9-13-30(26)34)32(38)22-37(28-19-24(3)18-25(4)20-28)42(40,41)29-16-14-23(2)15-17-29/h6,9-10,13-20,27,31H,5,7-8,11-12,21-22H2,1-4H3,(H,35,39)/t31-/m1/s1. The molecule has 1 fully saturated rings. The molecule has 42 heavy (non-hydrogen) atoms. The maximum Gasteiger partial charge on any atom is 0.264 e. The first-order chi connectivity index (χ1) is 20.0. The fourth-order valence-electron chi connectivity index (χ4n) is 5.56. The Morgan fingerprint density at radius 2 is 1.55 bits per heavy atom. The summed E-state index contributed by atoms with van der Waals surface area (Å²) in [6, 6.07) is 18.5. The third-order valence-corrected chi connectivity index (χ3v) is 9.93. The van der Waals surface area contributed by atoms with Gasteiger partial charge >= 0.3 is 0 Å². The number of nitrogens with zero attached hydrogens (tertiary/aromatic N) is 2. The van der Waals surface area contributed by atoms with E-state index in [1.165, 1.54) is 4.90 Å². The van der Waals surface area contributed by atoms with Gasteiger partial charge in [-0.25, -0.2) is 8.42 Å². The van der Waals surface area contributed by atoms with Crippen molar-refractivity contribution in [2.45, 2.75) is 83.3 Å². The van der Waals surface area contributed by atoms with E-state index >= 15 is 0 Å². The summed E-state index contributed by atoms with van der Waals surface area (Å²) in [7, 11) is -4.13. The zero-order chi connectivity index (χ0) is 30.4. The predicted octanol–water partition coefficient (Wildman–Crippen LogP) is 6.33. The molecule has 0 spiro atoms. The van der Waals surface area contributed by atoms with Crippen LogP contribution in [0.25, 0.3) is 0 Å². The normalized spacial score (nSPS) is 14.4. The number of carbonyl (C=O) groups excluding carboxylic acids is 2. The van der Waals surface area contributed by atoms with Crippen molar-refractivity contribution in [1.82, 2.24) is 10.2 Å². The number of halogens is 1. The number of nitrogens with one attached hydrogen (secondary N) is 1. The molecule has 1 aliphatic carbocycles. The van der Waals surface area contributed by atoms with Gasteiger partial charge in [-0.15, -0.1) is 0 Å². The predicted molar refractivity (Wildman–Crippen MR) is 168 cm³/mol. The first-order valence-electron chi connectivity index (χ1n) is 14.5. The Bertz CT molecular complexity index is 1500. The lowest BCUT2D eigenvalue weighted by atomic mass is 10.1. The minimum absolute atomic E-state index is 0.0698. The molecule has 0 bridgehead atoms. The molecule has 7 nitrogen and oxygen atoms in total. The number of sulfonamides is 1. The van der Waals surface area contributed by atoms with Gasteiger partial charge in [-0.05, 0) is 87.1 Å². The van der Waals surface area contributed by atoms with Crippen LogP contribution < -0.4 is 9.62 Å². The molecule has 2 amide bonds. The SMILES string of the molecule is CC[C@H](C(=O)NC1CCCC1)N(Cc1ccccc1Cl)C(=O)CN(c1cc(C)cc(C)c1)S(=O)(=O)c1ccc(C)cc1. The number of carbonyl (C=O) groups is 2. The number of hydrogen-bond donors (Lipinski definition) is 1. The number of benzene rings is 3. The average molecular weight is 610 g/mol. The van der Waals surface area contributed by atoms with E-state index in [2.05, 4.69) is 5.32 Å². The molecule has 0 aliphatic heterocycles. The Kier molecular flexibility index (Phi) is 10.3. The summed E-state index contributed by atoms with van der Waals surface area (Å²) < 4.78 is 29.3. The van der Waals surface area contributed by atoms with Gasteiger partial charge in [0.1, 0.15) is 12.6 Å². The molecule has 0 radical (unpaired) electrons. The average Bonchev–Trinajstić information content (AvgIpc) is 3.45. The zero-order valence-electron chi connectivity index (χ0n) is 24.8. The molecule has 0 unspecified atom stereocenters. The third kappa shape index (κ3) is 7.53. The van der Waals surface area contributed by atoms with Gasteiger partial charge in [0.25, 0.3) is 10.0 Å². The summed E-state index contributed by atoms with van der Waals surface area (Å²) in [5.41, 5.74) is 3.74. The fraction of sp³-hybridized carbons (Fsp3) is 0.394. The zero-order valence-corrected chi connectivity index (χ0v) is 26.3. The fourth-order valence-corrected chi connectivity index (χ4v) is 7.15. The molecule has 0 saturated heterocycles. The molecular formula is C33H40ClN3O4S. The van der Waals surface area contributed by atoms with Crippen molar-refractivity contribution < 1.29 is 18.0 Å². The second-order valence-electron chi connectivity index (χ2n) is 11.2. The number of anilines is 1. The largest absolute Gasteiger partial charge is 0.352 e. The highest BCUT2D eigenvalue weighted by molar-refractivity contribution is 7.92. The summed E-state index contributed by atoms with van der Waals surface area (Å²) in [6.45, 7) is 7.11. The molecule has 1 aliphatic rings. The van der Waals surface area contributed by atoms with Crippen LogP contribution in [-0.2, 0) is 26.2 Å². The summed E-state index contributed by atoms with van der Waals surface area (Å²) in [4.78, 5) is 29.4. The lowest BCUT2D eigenvalue weighted by Crippen LogP contribution is -2.53. The summed E-state index contributed by atoms with van der Waals surface area (Å²) in [5.74, 6) is -0.720. The van der Waals surface area contributed by atoms with Crippen LogP contribution in [0.3, 0.4) is 0 Å². The molecule has 0 heterocycles. The van der Waals surface area contributed by atoms with Crippen molar-refractivity contribution in [3.8, 4) is 0 Å². The van der Waals surface area contributed by atoms with Gasteiger partial charge in [-0.2, -0.15) is 0 Å². The molecule has 1 saturated carbocycles. The Hall–Kier alpha value is -3.36. The van der Waals surface area contributed by atoms with E-state index in [1.54, 1.807) is 48.5 Å². The number of amides is 2. The first kappa shape index (κ1) is 31.6. The highest BCUT2D eigenvalue weighted by Crippen LogP contribution is 2.28. The van der Waals surface area contributed by atoms with Gasteiger partial charge in [-0.3, -0.25) is 13.9 Å². The minimum atomic E-state index is -4.13. The second-order valence-corrected chi connectivity index (χ2v) is 13.5. The van der Waals surface area contributed by atoms with Crippen molar-refractivity contribution in [3.63, 3.8) is 0 Å². The summed E-state index contributed by atoms with van der Waals surface area (Å²) in [5, 5.41) is 3.60. The van der Waals surface area contributed by atoms with Crippen LogP contribution in [0.1, 0.15) is 61.3 Å². The van der Waals surface area contributed by atoms with E-state index in [4.69, 9.17) is 11.6 Å². The van der Waals surface area contributed by atoms with E-state index < -0.39 is 28.5 Å². The van der Waals surface area contributed by atoms with Gasteiger partial charge in [-0.1, -0.05) is 73.3 Å². The van der Waals surface area contributed by atoms with E-state index in [0.29, 0.717) is 22.7 Å². The lowest BCUT2D eigenvalue weighted by molar-refractivity contribution is -0.140. The van der Waals surface area contributed by atoms with E-state index in [0.717, 1.165) is 46.7 Å². The van der Waals surface area contributed by atoms with Crippen LogP contribution in [-0.4, -0.2) is 43.8 Å². The van der Waals surface area contributed by atoms with Crippen LogP contribution in [0.4, 0.5) is 5.69 Å². The van der Waals surface area contributed by atoms with Crippen LogP contribution in [0.15, 0.2) is 71.6 Å². The van der Waals surface area contributed by atoms with Gasteiger partial charge in [0.2, 0.25) is 11.8 Å². The van der Waals surface area contributed by atoms with Crippen LogP contribution in [0.2, 0.25) is 5.02 Å². The maximum atomic E-state index is 14.3. The van der Waals surface area contributed by atoms with E-state index in [9.17, 15) is 18.0 Å². The van der Waals surface area contributed by atoms with Crippen molar-refractivity contribution >= 4 is 39.1 Å². The highest BCUT2D eigenvalue weighted by atomic mass is 35.5. The van der Waals surface area contributed by atoms with Crippen molar-refractivity contribution in [3.05, 3.63) is 94.0 Å². The van der Waals surface area contributed by atoms with Crippen LogP contribution in [0, 0.1) is 20.8 Å². The Morgan fingerprint density at radius 1 is 0.929 bits per heavy atom. The second kappa shape index (κ2) is 13.7. The monoisotopic (exact) mass is 609 g/mol. The minimum Gasteiger partial charge on any atom is -0.352 e. The van der Waals surface area contributed by atoms with Gasteiger partial charge in [0.15, 0.2) is 0 Å². The maximum absolute atomic E-state index is 14.3.